The van der Waals surface area contributed by atoms with Crippen molar-refractivity contribution in [2.24, 2.45) is 5.92 Å². The first-order chi connectivity index (χ1) is 10.7. The fraction of sp³-hybridized carbons (Fsp3) is 0.632. The number of amides is 1. The maximum Gasteiger partial charge on any atom is 0.251 e. The first-order valence-corrected chi connectivity index (χ1v) is 8.83. The van der Waals surface area contributed by atoms with Crippen molar-refractivity contribution in [3.8, 4) is 0 Å². The van der Waals surface area contributed by atoms with Crippen molar-refractivity contribution in [1.29, 1.82) is 0 Å². The molecule has 0 spiro atoms. The Morgan fingerprint density at radius 2 is 1.86 bits per heavy atom. The molecule has 3 nitrogen and oxygen atoms in total. The predicted octanol–water partition coefficient (Wildman–Crippen LogP) is 3.59. The molecular formula is C19H28N2O. The summed E-state index contributed by atoms with van der Waals surface area (Å²) in [6, 6.07) is 8.58. The Labute approximate surface area is 134 Å². The van der Waals surface area contributed by atoms with Crippen LogP contribution >= 0.6 is 0 Å². The van der Waals surface area contributed by atoms with Crippen LogP contribution in [0.3, 0.4) is 0 Å². The molecule has 1 aromatic carbocycles. The smallest absolute Gasteiger partial charge is 0.251 e. The number of nitrogens with one attached hydrogen (secondary N) is 1. The van der Waals surface area contributed by atoms with E-state index in [1.165, 1.54) is 44.3 Å². The van der Waals surface area contributed by atoms with Crippen LogP contribution in [-0.4, -0.2) is 29.9 Å². The second-order valence-corrected chi connectivity index (χ2v) is 7.13. The van der Waals surface area contributed by atoms with Crippen molar-refractivity contribution in [2.75, 3.05) is 13.1 Å². The number of rotatable bonds is 4. The van der Waals surface area contributed by atoms with Gasteiger partial charge in [-0.15, -0.1) is 0 Å². The molecule has 1 aliphatic carbocycles. The molecule has 1 atom stereocenters. The molecule has 1 saturated heterocycles. The van der Waals surface area contributed by atoms with Gasteiger partial charge in [0.2, 0.25) is 0 Å². The highest BCUT2D eigenvalue weighted by Gasteiger charge is 2.18. The van der Waals surface area contributed by atoms with E-state index in [2.05, 4.69) is 29.3 Å². The van der Waals surface area contributed by atoms with Gasteiger partial charge in [-0.3, -0.25) is 9.69 Å². The van der Waals surface area contributed by atoms with Gasteiger partial charge in [-0.05, 0) is 55.8 Å². The van der Waals surface area contributed by atoms with Crippen molar-refractivity contribution in [1.82, 2.24) is 10.2 Å². The van der Waals surface area contributed by atoms with Crippen molar-refractivity contribution in [3.05, 3.63) is 35.4 Å². The van der Waals surface area contributed by atoms with Gasteiger partial charge in [0.1, 0.15) is 0 Å². The quantitative estimate of drug-likeness (QED) is 0.921. The summed E-state index contributed by atoms with van der Waals surface area (Å²) >= 11 is 0. The number of hydrogen-bond donors (Lipinski definition) is 1. The zero-order valence-electron chi connectivity index (χ0n) is 13.7. The van der Waals surface area contributed by atoms with E-state index in [0.29, 0.717) is 6.04 Å². The average Bonchev–Trinajstić information content (AvgIpc) is 3.01. The predicted molar refractivity (Wildman–Crippen MR) is 89.8 cm³/mol. The summed E-state index contributed by atoms with van der Waals surface area (Å²) in [5, 5.41) is 3.15. The minimum absolute atomic E-state index is 0.0880. The number of piperidine rings is 1. The van der Waals surface area contributed by atoms with E-state index in [9.17, 15) is 4.79 Å². The van der Waals surface area contributed by atoms with E-state index in [1.54, 1.807) is 0 Å². The van der Waals surface area contributed by atoms with Crippen LogP contribution in [0, 0.1) is 5.92 Å². The second-order valence-electron chi connectivity index (χ2n) is 7.13. The lowest BCUT2D eigenvalue weighted by Gasteiger charge is -2.30. The highest BCUT2D eigenvalue weighted by molar-refractivity contribution is 5.94. The zero-order chi connectivity index (χ0) is 15.4. The molecule has 22 heavy (non-hydrogen) atoms. The number of likely N-dealkylation sites (tertiary alicyclic amines) is 1. The van der Waals surface area contributed by atoms with E-state index >= 15 is 0 Å². The summed E-state index contributed by atoms with van der Waals surface area (Å²) in [6.45, 7) is 5.75. The molecule has 1 saturated carbocycles. The fourth-order valence-corrected chi connectivity index (χ4v) is 3.79. The van der Waals surface area contributed by atoms with Crippen molar-refractivity contribution < 1.29 is 4.79 Å². The van der Waals surface area contributed by atoms with Crippen molar-refractivity contribution in [3.63, 3.8) is 0 Å². The minimum atomic E-state index is 0.0880. The van der Waals surface area contributed by atoms with E-state index in [4.69, 9.17) is 0 Å². The average molecular weight is 300 g/mol. The van der Waals surface area contributed by atoms with Crippen LogP contribution in [0.1, 0.15) is 61.4 Å². The van der Waals surface area contributed by atoms with Gasteiger partial charge in [0.25, 0.3) is 5.91 Å². The summed E-state index contributed by atoms with van der Waals surface area (Å²) < 4.78 is 0. The molecular weight excluding hydrogens is 272 g/mol. The van der Waals surface area contributed by atoms with Gasteiger partial charge in [0.15, 0.2) is 0 Å². The van der Waals surface area contributed by atoms with Crippen molar-refractivity contribution >= 4 is 5.91 Å². The summed E-state index contributed by atoms with van der Waals surface area (Å²) in [5.74, 6) is 0.898. The Morgan fingerprint density at radius 1 is 1.14 bits per heavy atom. The maximum atomic E-state index is 12.2. The van der Waals surface area contributed by atoms with Gasteiger partial charge in [-0.1, -0.05) is 31.9 Å². The molecule has 3 rings (SSSR count). The lowest BCUT2D eigenvalue weighted by molar-refractivity contribution is 0.0938. The van der Waals surface area contributed by atoms with E-state index < -0.39 is 0 Å². The highest BCUT2D eigenvalue weighted by Crippen LogP contribution is 2.19. The Hall–Kier alpha value is -1.35. The Bertz CT molecular complexity index is 491. The molecule has 120 valence electrons. The molecule has 1 heterocycles. The molecule has 0 bridgehead atoms. The van der Waals surface area contributed by atoms with Crippen LogP contribution in [0.15, 0.2) is 24.3 Å². The summed E-state index contributed by atoms with van der Waals surface area (Å²) in [6.07, 6.45) is 7.43. The van der Waals surface area contributed by atoms with Crippen LogP contribution in [0.4, 0.5) is 0 Å². The summed E-state index contributed by atoms with van der Waals surface area (Å²) in [5.41, 5.74) is 2.11. The van der Waals surface area contributed by atoms with Crippen LogP contribution in [0.2, 0.25) is 0 Å². The molecule has 0 aromatic heterocycles. The highest BCUT2D eigenvalue weighted by atomic mass is 16.1. The van der Waals surface area contributed by atoms with Crippen LogP contribution in [0.5, 0.6) is 0 Å². The molecule has 2 aliphatic rings. The molecule has 1 amide bonds. The fourth-order valence-electron chi connectivity index (χ4n) is 3.79. The number of carbonyl (C=O) groups is 1. The summed E-state index contributed by atoms with van der Waals surface area (Å²) in [4.78, 5) is 14.8. The van der Waals surface area contributed by atoms with Gasteiger partial charge >= 0.3 is 0 Å². The minimum Gasteiger partial charge on any atom is -0.349 e. The zero-order valence-corrected chi connectivity index (χ0v) is 13.7. The van der Waals surface area contributed by atoms with Gasteiger partial charge in [-0.2, -0.15) is 0 Å². The maximum absolute atomic E-state index is 12.2. The molecule has 1 aromatic rings. The molecule has 0 radical (unpaired) electrons. The van der Waals surface area contributed by atoms with E-state index in [0.717, 1.165) is 30.9 Å². The number of hydrogen-bond acceptors (Lipinski definition) is 2. The third-order valence-electron chi connectivity index (χ3n) is 5.05. The van der Waals surface area contributed by atoms with Crippen LogP contribution in [0.25, 0.3) is 0 Å². The molecule has 3 heteroatoms. The largest absolute Gasteiger partial charge is 0.349 e. The molecule has 0 unspecified atom stereocenters. The first-order valence-electron chi connectivity index (χ1n) is 8.83. The lowest BCUT2D eigenvalue weighted by Crippen LogP contribution is -2.34. The molecule has 1 aliphatic heterocycles. The first kappa shape index (κ1) is 15.5. The third-order valence-corrected chi connectivity index (χ3v) is 5.05. The monoisotopic (exact) mass is 300 g/mol. The second kappa shape index (κ2) is 7.28. The standard InChI is InChI=1S/C19H28N2O/c1-15-5-4-12-21(13-15)14-16-8-10-17(11-9-16)19(22)20-18-6-2-3-7-18/h8-11,15,18H,2-7,12-14H2,1H3,(H,20,22)/t15-/m0/s1. The van der Waals surface area contributed by atoms with Crippen molar-refractivity contribution in [2.45, 2.75) is 58.0 Å². The van der Waals surface area contributed by atoms with E-state index in [1.807, 2.05) is 12.1 Å². The van der Waals surface area contributed by atoms with Gasteiger partial charge in [0, 0.05) is 24.7 Å². The van der Waals surface area contributed by atoms with Crippen LogP contribution < -0.4 is 5.32 Å². The molecule has 1 N–H and O–H groups in total. The SMILES string of the molecule is C[C@H]1CCCN(Cc2ccc(C(=O)NC3CCCC3)cc2)C1. The van der Waals surface area contributed by atoms with Gasteiger partial charge in [-0.25, -0.2) is 0 Å². The van der Waals surface area contributed by atoms with E-state index in [-0.39, 0.29) is 5.91 Å². The molecule has 2 fully saturated rings. The number of nitrogens with zero attached hydrogens (tertiary/aromatic N) is 1. The normalized spacial score (nSPS) is 23.6. The summed E-state index contributed by atoms with van der Waals surface area (Å²) in [7, 11) is 0. The Morgan fingerprint density at radius 3 is 2.55 bits per heavy atom. The Balaban J connectivity index is 1.54. The third kappa shape index (κ3) is 4.10. The Kier molecular flexibility index (Phi) is 5.14. The topological polar surface area (TPSA) is 32.3 Å². The van der Waals surface area contributed by atoms with Gasteiger partial charge < -0.3 is 5.32 Å². The lowest BCUT2D eigenvalue weighted by atomic mass is 9.99. The van der Waals surface area contributed by atoms with Crippen LogP contribution in [-0.2, 0) is 6.54 Å². The number of benzene rings is 1. The number of carbonyl (C=O) groups excluding carboxylic acids is 1. The van der Waals surface area contributed by atoms with Gasteiger partial charge in [0.05, 0.1) is 0 Å².